The zero-order chi connectivity index (χ0) is 15.9. The molecule has 1 aromatic heterocycles. The number of ketones is 1. The molecule has 1 aliphatic rings. The highest BCUT2D eigenvalue weighted by molar-refractivity contribution is 7.12. The van der Waals surface area contributed by atoms with Crippen molar-refractivity contribution >= 4 is 28.7 Å². The van der Waals surface area contributed by atoms with Crippen molar-refractivity contribution in [1.29, 1.82) is 0 Å². The maximum absolute atomic E-state index is 12.8. The fraction of sp³-hybridized carbons (Fsp3) is 0.294. The van der Waals surface area contributed by atoms with Crippen LogP contribution in [0.3, 0.4) is 0 Å². The van der Waals surface area contributed by atoms with Gasteiger partial charge in [0.1, 0.15) is 0 Å². The summed E-state index contributed by atoms with van der Waals surface area (Å²) in [4.78, 5) is 27.3. The molecular weight excluding hydrogens is 298 g/mol. The fourth-order valence-electron chi connectivity index (χ4n) is 2.90. The maximum Gasteiger partial charge on any atom is 0.264 e. The number of rotatable bonds is 4. The van der Waals surface area contributed by atoms with Gasteiger partial charge >= 0.3 is 0 Å². The van der Waals surface area contributed by atoms with Crippen LogP contribution in [0.5, 0.6) is 0 Å². The van der Waals surface area contributed by atoms with Gasteiger partial charge in [-0.25, -0.2) is 0 Å². The second kappa shape index (κ2) is 5.34. The Morgan fingerprint density at radius 3 is 2.64 bits per heavy atom. The predicted molar refractivity (Wildman–Crippen MR) is 86.2 cm³/mol. The van der Waals surface area contributed by atoms with E-state index >= 15 is 0 Å². The number of nitrogens with zero attached hydrogens (tertiary/aromatic N) is 1. The first kappa shape index (κ1) is 14.9. The molecular formula is C17H17NO3S. The Balaban J connectivity index is 2.02. The van der Waals surface area contributed by atoms with Gasteiger partial charge in [-0.2, -0.15) is 0 Å². The number of carbonyl (C=O) groups excluding carboxylic acids is 2. The van der Waals surface area contributed by atoms with E-state index < -0.39 is 11.5 Å². The third kappa shape index (κ3) is 2.17. The summed E-state index contributed by atoms with van der Waals surface area (Å²) in [5.74, 6) is -0.639. The number of hydrogen-bond donors (Lipinski definition) is 1. The number of para-hydroxylation sites is 1. The van der Waals surface area contributed by atoms with Crippen molar-refractivity contribution in [2.24, 2.45) is 0 Å². The van der Waals surface area contributed by atoms with Gasteiger partial charge in [-0.15, -0.1) is 11.3 Å². The van der Waals surface area contributed by atoms with Crippen LogP contribution in [0, 0.1) is 0 Å². The smallest absolute Gasteiger partial charge is 0.264 e. The van der Waals surface area contributed by atoms with E-state index in [4.69, 9.17) is 0 Å². The fourth-order valence-corrected chi connectivity index (χ4v) is 3.56. The molecule has 2 aromatic rings. The average Bonchev–Trinajstić information content (AvgIpc) is 3.07. The summed E-state index contributed by atoms with van der Waals surface area (Å²) >= 11 is 1.32. The van der Waals surface area contributed by atoms with E-state index in [1.54, 1.807) is 35.2 Å². The highest BCUT2D eigenvalue weighted by Crippen LogP contribution is 2.43. The molecule has 1 aromatic carbocycles. The Morgan fingerprint density at radius 2 is 2.00 bits per heavy atom. The number of amides is 1. The molecule has 22 heavy (non-hydrogen) atoms. The molecule has 0 bridgehead atoms. The van der Waals surface area contributed by atoms with Crippen molar-refractivity contribution in [3.8, 4) is 0 Å². The van der Waals surface area contributed by atoms with Gasteiger partial charge in [-0.3, -0.25) is 9.59 Å². The molecule has 0 spiro atoms. The molecule has 1 N–H and O–H groups in total. The second-order valence-corrected chi connectivity index (χ2v) is 6.67. The van der Waals surface area contributed by atoms with Gasteiger partial charge in [-0.05, 0) is 31.4 Å². The Morgan fingerprint density at radius 1 is 1.27 bits per heavy atom. The minimum Gasteiger partial charge on any atom is -0.375 e. The van der Waals surface area contributed by atoms with Gasteiger partial charge in [0.2, 0.25) is 0 Å². The van der Waals surface area contributed by atoms with E-state index in [1.807, 2.05) is 25.3 Å². The third-order valence-electron chi connectivity index (χ3n) is 3.91. The van der Waals surface area contributed by atoms with Crippen molar-refractivity contribution in [2.45, 2.75) is 31.9 Å². The summed E-state index contributed by atoms with van der Waals surface area (Å²) in [5, 5.41) is 12.8. The van der Waals surface area contributed by atoms with Gasteiger partial charge in [0, 0.05) is 11.6 Å². The summed E-state index contributed by atoms with van der Waals surface area (Å²) in [6, 6.07) is 10.5. The molecule has 2 heterocycles. The third-order valence-corrected chi connectivity index (χ3v) is 4.82. The largest absolute Gasteiger partial charge is 0.375 e. The number of carbonyl (C=O) groups is 2. The molecule has 4 nitrogen and oxygen atoms in total. The normalized spacial score (nSPS) is 20.5. The minimum atomic E-state index is -1.78. The zero-order valence-corrected chi connectivity index (χ0v) is 13.3. The number of thiophene rings is 1. The van der Waals surface area contributed by atoms with Crippen molar-refractivity contribution in [2.75, 3.05) is 4.90 Å². The second-order valence-electron chi connectivity index (χ2n) is 5.72. The van der Waals surface area contributed by atoms with E-state index in [0.29, 0.717) is 16.1 Å². The lowest BCUT2D eigenvalue weighted by Gasteiger charge is -2.25. The molecule has 0 unspecified atom stereocenters. The van der Waals surface area contributed by atoms with Crippen LogP contribution in [0.25, 0.3) is 0 Å². The van der Waals surface area contributed by atoms with Crippen LogP contribution in [-0.2, 0) is 10.4 Å². The summed E-state index contributed by atoms with van der Waals surface area (Å²) < 4.78 is 0. The van der Waals surface area contributed by atoms with Crippen LogP contribution < -0.4 is 4.90 Å². The first-order valence-corrected chi connectivity index (χ1v) is 8.05. The summed E-state index contributed by atoms with van der Waals surface area (Å²) in [6.07, 6.45) is -0.230. The van der Waals surface area contributed by atoms with E-state index in [2.05, 4.69) is 0 Å². The Kier molecular flexibility index (Phi) is 3.62. The van der Waals surface area contributed by atoms with Crippen molar-refractivity contribution in [3.63, 3.8) is 0 Å². The molecule has 0 fully saturated rings. The predicted octanol–water partition coefficient (Wildman–Crippen LogP) is 2.96. The van der Waals surface area contributed by atoms with E-state index in [1.165, 1.54) is 11.3 Å². The molecule has 0 radical (unpaired) electrons. The van der Waals surface area contributed by atoms with Gasteiger partial charge in [-0.1, -0.05) is 24.3 Å². The van der Waals surface area contributed by atoms with Crippen molar-refractivity contribution in [3.05, 3.63) is 52.2 Å². The quantitative estimate of drug-likeness (QED) is 0.883. The molecule has 0 saturated heterocycles. The molecule has 3 rings (SSSR count). The number of aliphatic hydroxyl groups is 1. The van der Waals surface area contributed by atoms with Gasteiger partial charge in [0.05, 0.1) is 17.0 Å². The number of anilines is 1. The van der Waals surface area contributed by atoms with E-state index in [0.717, 1.165) is 0 Å². The molecule has 1 atom stereocenters. The number of benzene rings is 1. The topological polar surface area (TPSA) is 57.6 Å². The van der Waals surface area contributed by atoms with Crippen molar-refractivity contribution in [1.82, 2.24) is 0 Å². The van der Waals surface area contributed by atoms with Crippen LogP contribution >= 0.6 is 11.3 Å². The average molecular weight is 315 g/mol. The van der Waals surface area contributed by atoms with E-state index in [9.17, 15) is 14.7 Å². The Labute approximate surface area is 133 Å². The summed E-state index contributed by atoms with van der Waals surface area (Å²) in [7, 11) is 0. The Bertz CT molecular complexity index is 723. The maximum atomic E-state index is 12.8. The standard InChI is InChI=1S/C17H17NO3S/c1-11(2)18-13-7-4-3-6-12(13)17(21,16(18)20)10-14(19)15-8-5-9-22-15/h3-9,11,21H,10H2,1-2H3/t17-/m1/s1. The first-order chi connectivity index (χ1) is 10.4. The lowest BCUT2D eigenvalue weighted by molar-refractivity contribution is -0.136. The number of fused-ring (bicyclic) bond motifs is 1. The molecule has 1 aliphatic heterocycles. The highest BCUT2D eigenvalue weighted by Gasteiger charge is 2.51. The van der Waals surface area contributed by atoms with Gasteiger partial charge < -0.3 is 10.0 Å². The molecule has 1 amide bonds. The van der Waals surface area contributed by atoms with Crippen LogP contribution in [0.15, 0.2) is 41.8 Å². The molecule has 0 aliphatic carbocycles. The monoisotopic (exact) mass is 315 g/mol. The summed E-state index contributed by atoms with van der Waals surface area (Å²) in [5.41, 5.74) is -0.579. The van der Waals surface area contributed by atoms with Crippen LogP contribution in [0.1, 0.15) is 35.5 Å². The zero-order valence-electron chi connectivity index (χ0n) is 12.4. The lowest BCUT2D eigenvalue weighted by atomic mass is 9.89. The van der Waals surface area contributed by atoms with Crippen LogP contribution in [-0.4, -0.2) is 22.8 Å². The molecule has 5 heteroatoms. The first-order valence-electron chi connectivity index (χ1n) is 7.17. The number of hydrogen-bond acceptors (Lipinski definition) is 4. The van der Waals surface area contributed by atoms with Crippen LogP contribution in [0.2, 0.25) is 0 Å². The minimum absolute atomic E-state index is 0.0838. The molecule has 0 saturated carbocycles. The van der Waals surface area contributed by atoms with Crippen molar-refractivity contribution < 1.29 is 14.7 Å². The molecule has 114 valence electrons. The van der Waals surface area contributed by atoms with Gasteiger partial charge in [0.25, 0.3) is 5.91 Å². The number of Topliss-reactive ketones (excluding diaryl/α,β-unsaturated/α-hetero) is 1. The van der Waals surface area contributed by atoms with Gasteiger partial charge in [0.15, 0.2) is 11.4 Å². The highest BCUT2D eigenvalue weighted by atomic mass is 32.1. The lowest BCUT2D eigenvalue weighted by Crippen LogP contribution is -2.44. The van der Waals surface area contributed by atoms with Crippen LogP contribution in [0.4, 0.5) is 5.69 Å². The summed E-state index contributed by atoms with van der Waals surface area (Å²) in [6.45, 7) is 3.78. The Hall–Kier alpha value is -1.98. The van der Waals surface area contributed by atoms with E-state index in [-0.39, 0.29) is 18.2 Å². The SMILES string of the molecule is CC(C)N1C(=O)[C@@](O)(CC(=O)c2cccs2)c2ccccc21.